The van der Waals surface area contributed by atoms with Crippen LogP contribution in [-0.4, -0.2) is 43.8 Å². The van der Waals surface area contributed by atoms with Crippen LogP contribution in [0.3, 0.4) is 0 Å². The molecule has 3 heterocycles. The molecule has 43 heavy (non-hydrogen) atoms. The van der Waals surface area contributed by atoms with Gasteiger partial charge in [0.1, 0.15) is 11.5 Å². The predicted molar refractivity (Wildman–Crippen MR) is 160 cm³/mol. The molecule has 1 saturated heterocycles. The number of carbonyl (C=O) groups is 3. The van der Waals surface area contributed by atoms with Crippen LogP contribution in [0.15, 0.2) is 66.9 Å². The molecule has 1 aliphatic rings. The van der Waals surface area contributed by atoms with Crippen LogP contribution in [0.2, 0.25) is 0 Å². The van der Waals surface area contributed by atoms with E-state index in [-0.39, 0.29) is 23.2 Å². The summed E-state index contributed by atoms with van der Waals surface area (Å²) in [6.45, 7) is 2.10. The lowest BCUT2D eigenvalue weighted by Gasteiger charge is -2.33. The van der Waals surface area contributed by atoms with Gasteiger partial charge >= 0.3 is 0 Å². The van der Waals surface area contributed by atoms with Gasteiger partial charge in [0.05, 0.1) is 17.7 Å². The number of anilines is 1. The van der Waals surface area contributed by atoms with Gasteiger partial charge in [-0.1, -0.05) is 30.2 Å². The molecule has 2 aromatic heterocycles. The number of nitrogens with two attached hydrogens (primary N) is 2. The van der Waals surface area contributed by atoms with Crippen molar-refractivity contribution in [3.05, 3.63) is 89.5 Å². The minimum absolute atomic E-state index is 0.00410. The van der Waals surface area contributed by atoms with Crippen LogP contribution in [0, 0.1) is 23.2 Å². The number of likely N-dealkylation sites (tertiary alicyclic amines) is 1. The molecule has 0 spiro atoms. The molecular weight excluding hydrogens is 544 g/mol. The number of nitrogen functional groups attached to an aromatic ring is 1. The summed E-state index contributed by atoms with van der Waals surface area (Å²) in [4.78, 5) is 48.7. The predicted octanol–water partition coefficient (Wildman–Crippen LogP) is 3.63. The summed E-state index contributed by atoms with van der Waals surface area (Å²) < 4.78 is 1.15. The number of hydrogen-bond donors (Lipinski definition) is 3. The Morgan fingerprint density at radius 2 is 1.72 bits per heavy atom. The number of amides is 3. The SMILES string of the molecule is CC#CC(=O)N1CCCC[C@H]1c1nc(-c2ccc(C(=O)Nc3cc(-c4ccc(C#N)cc4)ccn3)cc2)c(C(N)=O)n1N. The number of rotatable bonds is 6. The number of piperidine rings is 1. The Hall–Kier alpha value is -5.94. The first-order valence-electron chi connectivity index (χ1n) is 13.6. The number of carbonyl (C=O) groups excluding carboxylic acids is 3. The molecule has 1 fully saturated rings. The minimum atomic E-state index is -0.770. The molecule has 0 unspecified atom stereocenters. The number of benzene rings is 2. The van der Waals surface area contributed by atoms with E-state index in [1.807, 2.05) is 18.2 Å². The van der Waals surface area contributed by atoms with Crippen molar-refractivity contribution in [1.82, 2.24) is 19.5 Å². The topological polar surface area (TPSA) is 173 Å². The van der Waals surface area contributed by atoms with E-state index in [9.17, 15) is 14.4 Å². The highest BCUT2D eigenvalue weighted by Crippen LogP contribution is 2.33. The van der Waals surface area contributed by atoms with Gasteiger partial charge in [0, 0.05) is 23.9 Å². The van der Waals surface area contributed by atoms with Gasteiger partial charge < -0.3 is 21.8 Å². The van der Waals surface area contributed by atoms with Crippen LogP contribution in [0.5, 0.6) is 0 Å². The quantitative estimate of drug-likeness (QED) is 0.234. The maximum absolute atomic E-state index is 13.0. The third kappa shape index (κ3) is 5.92. The van der Waals surface area contributed by atoms with Gasteiger partial charge in [-0.25, -0.2) is 14.6 Å². The number of hydrogen-bond acceptors (Lipinski definition) is 7. The van der Waals surface area contributed by atoms with Crippen molar-refractivity contribution in [3.63, 3.8) is 0 Å². The molecule has 11 nitrogen and oxygen atoms in total. The molecule has 214 valence electrons. The van der Waals surface area contributed by atoms with Crippen LogP contribution in [0.4, 0.5) is 5.82 Å². The summed E-state index contributed by atoms with van der Waals surface area (Å²) in [7, 11) is 0. The van der Waals surface area contributed by atoms with Crippen molar-refractivity contribution in [2.45, 2.75) is 32.2 Å². The summed E-state index contributed by atoms with van der Waals surface area (Å²) >= 11 is 0. The average Bonchev–Trinajstić information content (AvgIpc) is 3.38. The smallest absolute Gasteiger partial charge is 0.299 e. The number of pyridine rings is 1. The molecule has 0 aliphatic carbocycles. The zero-order chi connectivity index (χ0) is 30.5. The van der Waals surface area contributed by atoms with Crippen molar-refractivity contribution >= 4 is 23.5 Å². The lowest BCUT2D eigenvalue weighted by molar-refractivity contribution is -0.129. The van der Waals surface area contributed by atoms with Gasteiger partial charge in [0.25, 0.3) is 17.7 Å². The molecule has 0 radical (unpaired) electrons. The number of nitriles is 1. The number of primary amides is 1. The van der Waals surface area contributed by atoms with Crippen molar-refractivity contribution in [2.24, 2.45) is 5.73 Å². The van der Waals surface area contributed by atoms with Gasteiger partial charge in [-0.2, -0.15) is 5.26 Å². The first-order chi connectivity index (χ1) is 20.8. The first-order valence-corrected chi connectivity index (χ1v) is 13.6. The van der Waals surface area contributed by atoms with E-state index < -0.39 is 11.9 Å². The van der Waals surface area contributed by atoms with E-state index >= 15 is 0 Å². The Balaban J connectivity index is 1.39. The second kappa shape index (κ2) is 12.3. The van der Waals surface area contributed by atoms with Crippen molar-refractivity contribution in [3.8, 4) is 40.3 Å². The highest BCUT2D eigenvalue weighted by atomic mass is 16.2. The largest absolute Gasteiger partial charge is 0.364 e. The van der Waals surface area contributed by atoms with E-state index in [0.717, 1.165) is 28.6 Å². The second-order valence-corrected chi connectivity index (χ2v) is 9.94. The van der Waals surface area contributed by atoms with E-state index in [1.165, 1.54) is 0 Å². The Labute approximate surface area is 248 Å². The zero-order valence-electron chi connectivity index (χ0n) is 23.4. The highest BCUT2D eigenvalue weighted by molar-refractivity contribution is 6.04. The molecule has 2 aromatic carbocycles. The van der Waals surface area contributed by atoms with E-state index in [4.69, 9.17) is 16.8 Å². The molecule has 0 bridgehead atoms. The third-order valence-electron chi connectivity index (χ3n) is 7.23. The lowest BCUT2D eigenvalue weighted by atomic mass is 10.0. The van der Waals surface area contributed by atoms with Crippen molar-refractivity contribution in [2.75, 3.05) is 17.7 Å². The van der Waals surface area contributed by atoms with Crippen LogP contribution in [-0.2, 0) is 4.79 Å². The Morgan fingerprint density at radius 1 is 1.00 bits per heavy atom. The van der Waals surface area contributed by atoms with Crippen molar-refractivity contribution in [1.29, 1.82) is 5.26 Å². The molecule has 4 aromatic rings. The summed E-state index contributed by atoms with van der Waals surface area (Å²) in [5.74, 6) is 10.8. The molecule has 3 amide bonds. The number of imidazole rings is 1. The Bertz CT molecular complexity index is 1810. The van der Waals surface area contributed by atoms with Gasteiger partial charge in [-0.3, -0.25) is 14.4 Å². The normalized spacial score (nSPS) is 14.2. The van der Waals surface area contributed by atoms with Crippen LogP contribution >= 0.6 is 0 Å². The molecule has 1 aliphatic heterocycles. The number of nitrogens with zero attached hydrogens (tertiary/aromatic N) is 5. The Kier molecular flexibility index (Phi) is 8.17. The van der Waals surface area contributed by atoms with E-state index in [1.54, 1.807) is 60.5 Å². The molecule has 1 atom stereocenters. The average molecular weight is 573 g/mol. The van der Waals surface area contributed by atoms with Crippen LogP contribution in [0.25, 0.3) is 22.4 Å². The second-order valence-electron chi connectivity index (χ2n) is 9.94. The lowest BCUT2D eigenvalue weighted by Crippen LogP contribution is -2.40. The first kappa shape index (κ1) is 28.6. The number of nitrogens with one attached hydrogen (secondary N) is 1. The number of aromatic nitrogens is 3. The van der Waals surface area contributed by atoms with Crippen LogP contribution < -0.4 is 16.9 Å². The fourth-order valence-electron chi connectivity index (χ4n) is 5.13. The highest BCUT2D eigenvalue weighted by Gasteiger charge is 2.33. The third-order valence-corrected chi connectivity index (χ3v) is 7.23. The van der Waals surface area contributed by atoms with E-state index in [0.29, 0.717) is 41.3 Å². The standard InChI is InChI=1S/C32H28N8O3/c1-2-5-27(41)39-17-4-3-6-25(39)31-38-28(29(30(34)42)40(31)35)22-11-13-23(14-12-22)32(43)37-26-18-24(15-16-36-26)21-9-7-20(19-33)8-10-21/h7-16,18,25H,3-4,6,17,35H2,1H3,(H2,34,42)(H,36,37,43)/t25-/m0/s1. The summed E-state index contributed by atoms with van der Waals surface area (Å²) in [5, 5.41) is 11.8. The maximum Gasteiger partial charge on any atom is 0.299 e. The Morgan fingerprint density at radius 3 is 2.40 bits per heavy atom. The monoisotopic (exact) mass is 572 g/mol. The van der Waals surface area contributed by atoms with Gasteiger partial charge in [-0.05, 0) is 79.6 Å². The van der Waals surface area contributed by atoms with Gasteiger partial charge in [-0.15, -0.1) is 0 Å². The zero-order valence-corrected chi connectivity index (χ0v) is 23.4. The molecule has 5 rings (SSSR count). The summed E-state index contributed by atoms with van der Waals surface area (Å²) in [5.41, 5.74) is 9.10. The molecule has 0 saturated carbocycles. The molecule has 11 heteroatoms. The maximum atomic E-state index is 13.0. The van der Waals surface area contributed by atoms with E-state index in [2.05, 4.69) is 33.2 Å². The fourth-order valence-corrected chi connectivity index (χ4v) is 5.13. The minimum Gasteiger partial charge on any atom is -0.364 e. The van der Waals surface area contributed by atoms with Crippen LogP contribution in [0.1, 0.15) is 64.5 Å². The molecular formula is C32H28N8O3. The van der Waals surface area contributed by atoms with Crippen molar-refractivity contribution < 1.29 is 14.4 Å². The summed E-state index contributed by atoms with van der Waals surface area (Å²) in [6.07, 6.45) is 3.89. The van der Waals surface area contributed by atoms with Gasteiger partial charge in [0.2, 0.25) is 0 Å². The fraction of sp³-hybridized carbons (Fsp3) is 0.188. The molecule has 5 N–H and O–H groups in total. The van der Waals surface area contributed by atoms with Gasteiger partial charge in [0.15, 0.2) is 11.5 Å². The summed E-state index contributed by atoms with van der Waals surface area (Å²) in [6, 6.07) is 18.8.